The number of nitrogens with zero attached hydrogens (tertiary/aromatic N) is 2. The van der Waals surface area contributed by atoms with Crippen molar-refractivity contribution >= 4 is 38.6 Å². The van der Waals surface area contributed by atoms with E-state index in [1.54, 1.807) is 12.1 Å². The Hall–Kier alpha value is -3.52. The van der Waals surface area contributed by atoms with Crippen molar-refractivity contribution in [2.24, 2.45) is 11.1 Å². The fourth-order valence-corrected chi connectivity index (χ4v) is 5.58. The predicted octanol–water partition coefficient (Wildman–Crippen LogP) is 5.29. The Labute approximate surface area is 188 Å². The Morgan fingerprint density at radius 3 is 2.69 bits per heavy atom. The number of non-ortho nitro benzene ring substituents is 1. The van der Waals surface area contributed by atoms with Crippen molar-refractivity contribution in [1.82, 2.24) is 4.98 Å². The third-order valence-corrected chi connectivity index (χ3v) is 6.96. The van der Waals surface area contributed by atoms with Crippen LogP contribution < -0.4 is 5.73 Å². The van der Waals surface area contributed by atoms with Gasteiger partial charge in [-0.15, -0.1) is 11.3 Å². The van der Waals surface area contributed by atoms with E-state index >= 15 is 0 Å². The van der Waals surface area contributed by atoms with E-state index in [2.05, 4.69) is 0 Å². The third-order valence-electron chi connectivity index (χ3n) is 5.89. The molecule has 8 heteroatoms. The van der Waals surface area contributed by atoms with Gasteiger partial charge in [0.2, 0.25) is 0 Å². The Bertz CT molecular complexity index is 1320. The lowest BCUT2D eigenvalue weighted by Crippen LogP contribution is -2.33. The fraction of sp³-hybridized carbons (Fsp3) is 0.250. The van der Waals surface area contributed by atoms with Crippen molar-refractivity contribution in [3.63, 3.8) is 0 Å². The van der Waals surface area contributed by atoms with Gasteiger partial charge in [0, 0.05) is 36.5 Å². The summed E-state index contributed by atoms with van der Waals surface area (Å²) in [5.41, 5.74) is 8.70. The molecule has 0 amide bonds. The van der Waals surface area contributed by atoms with Crippen LogP contribution in [0.2, 0.25) is 0 Å². The highest BCUT2D eigenvalue weighted by Gasteiger charge is 2.44. The van der Waals surface area contributed by atoms with Gasteiger partial charge < -0.3 is 10.5 Å². The van der Waals surface area contributed by atoms with Crippen LogP contribution in [0.4, 0.5) is 5.69 Å². The van der Waals surface area contributed by atoms with Crippen LogP contribution in [0, 0.1) is 15.5 Å². The van der Waals surface area contributed by atoms with Crippen molar-refractivity contribution in [2.45, 2.75) is 32.6 Å². The Morgan fingerprint density at radius 2 is 1.94 bits per heavy atom. The number of nitro groups is 1. The van der Waals surface area contributed by atoms with Crippen LogP contribution in [0.25, 0.3) is 15.8 Å². The van der Waals surface area contributed by atoms with Crippen LogP contribution in [-0.4, -0.2) is 15.7 Å². The second-order valence-electron chi connectivity index (χ2n) is 8.93. The molecule has 0 saturated heterocycles. The van der Waals surface area contributed by atoms with Crippen LogP contribution in [0.5, 0.6) is 0 Å². The topological polar surface area (TPSA) is 108 Å². The maximum atomic E-state index is 13.4. The van der Waals surface area contributed by atoms with Gasteiger partial charge in [-0.1, -0.05) is 38.1 Å². The molecule has 7 nitrogen and oxygen atoms in total. The average Bonchev–Trinajstić information content (AvgIpc) is 3.15. The van der Waals surface area contributed by atoms with Crippen LogP contribution in [0.15, 0.2) is 65.7 Å². The molecule has 0 radical (unpaired) electrons. The molecule has 0 bridgehead atoms. The third kappa shape index (κ3) is 3.36. The number of thiazole rings is 1. The molecule has 0 fully saturated rings. The molecule has 3 aromatic rings. The van der Waals surface area contributed by atoms with E-state index in [0.29, 0.717) is 40.3 Å². The molecule has 0 saturated carbocycles. The van der Waals surface area contributed by atoms with E-state index in [0.717, 1.165) is 10.2 Å². The van der Waals surface area contributed by atoms with Crippen LogP contribution >= 0.6 is 11.3 Å². The van der Waals surface area contributed by atoms with Crippen molar-refractivity contribution in [3.8, 4) is 0 Å². The number of allylic oxidation sites excluding steroid dienone is 3. The minimum atomic E-state index is -0.581. The Kier molecular flexibility index (Phi) is 4.63. The Morgan fingerprint density at radius 1 is 1.16 bits per heavy atom. The zero-order valence-corrected chi connectivity index (χ0v) is 18.4. The molecular weight excluding hydrogens is 426 g/mol. The van der Waals surface area contributed by atoms with Gasteiger partial charge in [-0.25, -0.2) is 4.98 Å². The number of benzene rings is 2. The zero-order chi connectivity index (χ0) is 22.6. The molecular formula is C24H21N3O4S. The molecule has 2 heterocycles. The second kappa shape index (κ2) is 7.27. The van der Waals surface area contributed by atoms with E-state index in [4.69, 9.17) is 15.5 Å². The lowest BCUT2D eigenvalue weighted by atomic mass is 9.70. The summed E-state index contributed by atoms with van der Waals surface area (Å²) in [6.07, 6.45) is 0.932. The molecule has 1 aliphatic carbocycles. The molecule has 0 spiro atoms. The maximum absolute atomic E-state index is 13.4. The number of aromatic nitrogens is 1. The quantitative estimate of drug-likeness (QED) is 0.432. The highest BCUT2D eigenvalue weighted by molar-refractivity contribution is 7.19. The summed E-state index contributed by atoms with van der Waals surface area (Å²) < 4.78 is 7.02. The lowest BCUT2D eigenvalue weighted by molar-refractivity contribution is -0.384. The molecule has 2 aromatic carbocycles. The number of hydrogen-bond donors (Lipinski definition) is 1. The number of nitrogens with two attached hydrogens (primary N) is 1. The van der Waals surface area contributed by atoms with Gasteiger partial charge in [0.25, 0.3) is 5.69 Å². The van der Waals surface area contributed by atoms with Crippen molar-refractivity contribution in [3.05, 3.63) is 86.4 Å². The first-order valence-corrected chi connectivity index (χ1v) is 11.1. The number of carbonyl (C=O) groups is 1. The second-order valence-corrected chi connectivity index (χ2v) is 9.96. The number of para-hydroxylation sites is 1. The largest absolute Gasteiger partial charge is 0.445 e. The van der Waals surface area contributed by atoms with Crippen molar-refractivity contribution in [2.75, 3.05) is 0 Å². The summed E-state index contributed by atoms with van der Waals surface area (Å²) in [5, 5.41) is 12.1. The zero-order valence-electron chi connectivity index (χ0n) is 17.6. The number of ether oxygens (including phenoxy) is 1. The smallest absolute Gasteiger partial charge is 0.269 e. The maximum Gasteiger partial charge on any atom is 0.269 e. The molecule has 1 aliphatic heterocycles. The number of carbonyl (C=O) groups excluding carboxylic acids is 1. The van der Waals surface area contributed by atoms with Crippen molar-refractivity contribution in [1.29, 1.82) is 0 Å². The van der Waals surface area contributed by atoms with Gasteiger partial charge in [-0.2, -0.15) is 0 Å². The van der Waals surface area contributed by atoms with Crippen LogP contribution in [0.1, 0.15) is 43.2 Å². The number of rotatable bonds is 3. The van der Waals surface area contributed by atoms with E-state index in [9.17, 15) is 14.9 Å². The van der Waals surface area contributed by atoms with E-state index in [-0.39, 0.29) is 22.8 Å². The van der Waals surface area contributed by atoms with Gasteiger partial charge in [0.1, 0.15) is 10.8 Å². The molecule has 32 heavy (non-hydrogen) atoms. The molecule has 2 N–H and O–H groups in total. The van der Waals surface area contributed by atoms with E-state index in [1.165, 1.54) is 23.5 Å². The summed E-state index contributed by atoms with van der Waals surface area (Å²) in [5.74, 6) is 0.122. The van der Waals surface area contributed by atoms with Gasteiger partial charge in [-0.05, 0) is 23.1 Å². The standard InChI is InChI=1S/C24H21N3O4S/c1-24(2)11-16(28)20-17(12-24)31-22(25)21(23-26-15-8-3-4-9-18(15)32-23)19(20)13-6-5-7-14(10-13)27(29)30/h3-10,19H,11-12,25H2,1-2H3. The average molecular weight is 448 g/mol. The van der Waals surface area contributed by atoms with Crippen molar-refractivity contribution < 1.29 is 14.5 Å². The predicted molar refractivity (Wildman–Crippen MR) is 123 cm³/mol. The molecule has 1 unspecified atom stereocenters. The highest BCUT2D eigenvalue weighted by Crippen LogP contribution is 2.51. The highest BCUT2D eigenvalue weighted by atomic mass is 32.1. The fourth-order valence-electron chi connectivity index (χ4n) is 4.53. The van der Waals surface area contributed by atoms with Gasteiger partial charge in [0.05, 0.1) is 20.7 Å². The van der Waals surface area contributed by atoms with E-state index < -0.39 is 10.8 Å². The summed E-state index contributed by atoms with van der Waals surface area (Å²) in [7, 11) is 0. The molecule has 1 aromatic heterocycles. The first-order valence-electron chi connectivity index (χ1n) is 10.3. The van der Waals surface area contributed by atoms with Crippen LogP contribution in [0.3, 0.4) is 0 Å². The minimum Gasteiger partial charge on any atom is -0.445 e. The molecule has 1 atom stereocenters. The number of hydrogen-bond acceptors (Lipinski definition) is 7. The number of fused-ring (bicyclic) bond motifs is 1. The van der Waals surface area contributed by atoms with Gasteiger partial charge in [-0.3, -0.25) is 14.9 Å². The minimum absolute atomic E-state index is 0.0288. The SMILES string of the molecule is CC1(C)CC(=O)C2=C(C1)OC(N)=C(c1nc3ccccc3s1)C2c1cccc([N+](=O)[O-])c1. The molecule has 162 valence electrons. The monoisotopic (exact) mass is 447 g/mol. The number of nitro benzene ring substituents is 1. The number of Topliss-reactive ketones (excluding diaryl/α,β-unsaturated/α-hetero) is 1. The lowest BCUT2D eigenvalue weighted by Gasteiger charge is -2.38. The Balaban J connectivity index is 1.74. The summed E-state index contributed by atoms with van der Waals surface area (Å²) in [6.45, 7) is 4.03. The van der Waals surface area contributed by atoms with Gasteiger partial charge >= 0.3 is 0 Å². The molecule has 2 aliphatic rings. The first-order chi connectivity index (χ1) is 15.2. The van der Waals surface area contributed by atoms with E-state index in [1.807, 2.05) is 38.1 Å². The summed E-state index contributed by atoms with van der Waals surface area (Å²) >= 11 is 1.46. The van der Waals surface area contributed by atoms with Crippen LogP contribution in [-0.2, 0) is 9.53 Å². The summed E-state index contributed by atoms with van der Waals surface area (Å²) in [4.78, 5) is 29.1. The normalized spacial score (nSPS) is 20.3. The first kappa shape index (κ1) is 20.4. The summed E-state index contributed by atoms with van der Waals surface area (Å²) in [6, 6.07) is 14.1. The van der Waals surface area contributed by atoms with Gasteiger partial charge in [0.15, 0.2) is 11.7 Å². The number of ketones is 1. The molecule has 5 rings (SSSR count).